The van der Waals surface area contributed by atoms with E-state index in [1.165, 1.54) is 23.5 Å². The van der Waals surface area contributed by atoms with Crippen molar-refractivity contribution in [3.05, 3.63) is 58.7 Å². The predicted molar refractivity (Wildman–Crippen MR) is 117 cm³/mol. The Bertz CT molecular complexity index is 1120. The normalized spacial score (nSPS) is 16.8. The average molecular weight is 442 g/mol. The number of piperidine rings is 1. The van der Waals surface area contributed by atoms with Crippen molar-refractivity contribution in [3.8, 4) is 11.3 Å². The number of hydrogen-bond acceptors (Lipinski definition) is 6. The predicted octanol–water partition coefficient (Wildman–Crippen LogP) is 4.19. The number of amides is 1. The third kappa shape index (κ3) is 3.95. The van der Waals surface area contributed by atoms with Crippen LogP contribution in [-0.2, 0) is 11.3 Å². The maximum atomic E-state index is 13.1. The highest BCUT2D eigenvalue weighted by Crippen LogP contribution is 2.30. The summed E-state index contributed by atoms with van der Waals surface area (Å²) in [6, 6.07) is 10.3. The molecule has 0 bridgehead atoms. The van der Waals surface area contributed by atoms with E-state index in [-0.39, 0.29) is 17.6 Å². The molecule has 5 rings (SSSR count). The van der Waals surface area contributed by atoms with Gasteiger partial charge in [0.05, 0.1) is 24.4 Å². The number of fused-ring (bicyclic) bond motifs is 1. The molecular weight excluding hydrogens is 421 g/mol. The van der Waals surface area contributed by atoms with E-state index in [1.807, 2.05) is 23.7 Å². The van der Waals surface area contributed by atoms with Crippen LogP contribution in [0.5, 0.6) is 0 Å². The molecule has 0 aliphatic carbocycles. The Balaban J connectivity index is 1.27. The first-order valence-electron chi connectivity index (χ1n) is 9.83. The second kappa shape index (κ2) is 8.16. The smallest absolute Gasteiger partial charge is 0.225 e. The van der Waals surface area contributed by atoms with Crippen LogP contribution in [0.4, 0.5) is 9.52 Å². The van der Waals surface area contributed by atoms with Crippen LogP contribution in [0.15, 0.2) is 48.0 Å². The van der Waals surface area contributed by atoms with Crippen LogP contribution < -0.4 is 10.2 Å². The lowest BCUT2D eigenvalue weighted by atomic mass is 9.97. The first kappa shape index (κ1) is 19.2. The Hall–Kier alpha value is -2.78. The number of nitrogens with one attached hydrogen (secondary N) is 1. The summed E-state index contributed by atoms with van der Waals surface area (Å²) in [4.78, 5) is 21.4. The Kier molecular flexibility index (Phi) is 5.22. The molecule has 3 aromatic heterocycles. The van der Waals surface area contributed by atoms with E-state index in [1.54, 1.807) is 28.0 Å². The topological polar surface area (TPSA) is 62.5 Å². The molecule has 4 heterocycles. The molecule has 1 N–H and O–H groups in total. The molecule has 0 radical (unpaired) electrons. The van der Waals surface area contributed by atoms with Crippen LogP contribution in [0.3, 0.4) is 0 Å². The summed E-state index contributed by atoms with van der Waals surface area (Å²) in [5.41, 5.74) is 1.63. The van der Waals surface area contributed by atoms with E-state index in [4.69, 9.17) is 0 Å². The molecule has 154 valence electrons. The molecule has 9 heteroatoms. The number of nitrogens with zero attached hydrogens (tertiary/aromatic N) is 4. The maximum Gasteiger partial charge on any atom is 0.225 e. The quantitative estimate of drug-likeness (QED) is 0.504. The molecular formula is C21H20FN5OS2. The van der Waals surface area contributed by atoms with E-state index in [0.29, 0.717) is 13.1 Å². The lowest BCUT2D eigenvalue weighted by Crippen LogP contribution is -2.42. The van der Waals surface area contributed by atoms with Crippen molar-refractivity contribution in [1.29, 1.82) is 0 Å². The molecule has 0 saturated carbocycles. The van der Waals surface area contributed by atoms with Crippen LogP contribution in [-0.4, -0.2) is 33.6 Å². The number of rotatable bonds is 5. The number of aromatic nitrogens is 3. The molecule has 30 heavy (non-hydrogen) atoms. The highest BCUT2D eigenvalue weighted by atomic mass is 32.1. The molecule has 1 fully saturated rings. The fourth-order valence-electron chi connectivity index (χ4n) is 3.67. The Labute approximate surface area is 181 Å². The lowest BCUT2D eigenvalue weighted by Gasteiger charge is -2.31. The Morgan fingerprint density at radius 2 is 2.13 bits per heavy atom. The van der Waals surface area contributed by atoms with Gasteiger partial charge in [0.25, 0.3) is 0 Å². The van der Waals surface area contributed by atoms with E-state index >= 15 is 0 Å². The number of imidazole rings is 1. The number of hydrogen-bond donors (Lipinski definition) is 1. The fourth-order valence-corrected chi connectivity index (χ4v) is 5.24. The average Bonchev–Trinajstić information content (AvgIpc) is 3.49. The van der Waals surface area contributed by atoms with Gasteiger partial charge < -0.3 is 10.2 Å². The van der Waals surface area contributed by atoms with Crippen molar-refractivity contribution in [3.63, 3.8) is 0 Å². The zero-order valence-corrected chi connectivity index (χ0v) is 17.8. The Morgan fingerprint density at radius 3 is 2.90 bits per heavy atom. The van der Waals surface area contributed by atoms with Crippen LogP contribution in [0, 0.1) is 11.7 Å². The highest BCUT2D eigenvalue weighted by Gasteiger charge is 2.27. The van der Waals surface area contributed by atoms with Crippen molar-refractivity contribution < 1.29 is 9.18 Å². The maximum absolute atomic E-state index is 13.1. The number of benzene rings is 1. The van der Waals surface area contributed by atoms with Crippen molar-refractivity contribution in [2.45, 2.75) is 19.4 Å². The van der Waals surface area contributed by atoms with Gasteiger partial charge in [0.15, 0.2) is 0 Å². The molecule has 0 unspecified atom stereocenters. The van der Waals surface area contributed by atoms with Crippen molar-refractivity contribution in [2.24, 2.45) is 5.92 Å². The molecule has 1 amide bonds. The molecule has 1 aliphatic rings. The first-order chi connectivity index (χ1) is 14.7. The van der Waals surface area contributed by atoms with Gasteiger partial charge in [0, 0.05) is 23.5 Å². The summed E-state index contributed by atoms with van der Waals surface area (Å²) >= 11 is 3.16. The third-order valence-corrected chi connectivity index (χ3v) is 7.11. The van der Waals surface area contributed by atoms with Gasteiger partial charge in [-0.3, -0.25) is 4.79 Å². The summed E-state index contributed by atoms with van der Waals surface area (Å²) in [6.07, 6.45) is 3.71. The van der Waals surface area contributed by atoms with Gasteiger partial charge in [0.2, 0.25) is 16.0 Å². The number of thiophene rings is 1. The van der Waals surface area contributed by atoms with Gasteiger partial charge in [-0.2, -0.15) is 0 Å². The highest BCUT2D eigenvalue weighted by molar-refractivity contribution is 7.20. The number of anilines is 1. The van der Waals surface area contributed by atoms with Gasteiger partial charge >= 0.3 is 0 Å². The second-order valence-electron chi connectivity index (χ2n) is 7.33. The number of carbonyl (C=O) groups is 1. The van der Waals surface area contributed by atoms with Gasteiger partial charge in [-0.25, -0.2) is 13.9 Å². The van der Waals surface area contributed by atoms with Crippen LogP contribution in [0.2, 0.25) is 0 Å². The minimum atomic E-state index is -0.265. The largest absolute Gasteiger partial charge is 0.351 e. The number of halogens is 1. The van der Waals surface area contributed by atoms with E-state index < -0.39 is 0 Å². The molecule has 1 aromatic carbocycles. The zero-order chi connectivity index (χ0) is 20.5. The lowest BCUT2D eigenvalue weighted by molar-refractivity contribution is -0.125. The van der Waals surface area contributed by atoms with Gasteiger partial charge in [-0.05, 0) is 48.6 Å². The van der Waals surface area contributed by atoms with Gasteiger partial charge in [-0.15, -0.1) is 16.4 Å². The van der Waals surface area contributed by atoms with E-state index in [9.17, 15) is 9.18 Å². The van der Waals surface area contributed by atoms with Gasteiger partial charge in [0.1, 0.15) is 5.82 Å². The van der Waals surface area contributed by atoms with Crippen LogP contribution >= 0.6 is 22.7 Å². The Morgan fingerprint density at radius 1 is 1.27 bits per heavy atom. The summed E-state index contributed by atoms with van der Waals surface area (Å²) in [7, 11) is 0. The number of carbonyl (C=O) groups excluding carboxylic acids is 1. The fraction of sp³-hybridized carbons (Fsp3) is 0.286. The summed E-state index contributed by atoms with van der Waals surface area (Å²) < 4.78 is 14.9. The SMILES string of the molecule is O=C(NCc1cccs1)[C@H]1CCCN(c2nn3cc(-c4ccc(F)cc4)nc3s2)C1. The standard InChI is InChI=1S/C21H20FN5OS2/c22-16-7-5-14(6-8-16)18-13-27-20(24-18)30-21(25-27)26-9-1-3-15(12-26)19(28)23-11-17-4-2-10-29-17/h2,4-8,10,13,15H,1,3,9,11-12H2,(H,23,28)/t15-/m0/s1. The molecule has 0 spiro atoms. The molecule has 4 aromatic rings. The van der Waals surface area contributed by atoms with Gasteiger partial charge in [-0.1, -0.05) is 17.4 Å². The third-order valence-electron chi connectivity index (χ3n) is 5.25. The van der Waals surface area contributed by atoms with E-state index in [2.05, 4.69) is 20.3 Å². The molecule has 1 aliphatic heterocycles. The minimum Gasteiger partial charge on any atom is -0.351 e. The molecule has 6 nitrogen and oxygen atoms in total. The molecule has 1 saturated heterocycles. The first-order valence-corrected chi connectivity index (χ1v) is 11.5. The molecule has 1 atom stereocenters. The van der Waals surface area contributed by atoms with Crippen molar-refractivity contribution in [1.82, 2.24) is 19.9 Å². The van der Waals surface area contributed by atoms with Crippen molar-refractivity contribution in [2.75, 3.05) is 18.0 Å². The monoisotopic (exact) mass is 441 g/mol. The minimum absolute atomic E-state index is 0.0373. The second-order valence-corrected chi connectivity index (χ2v) is 9.29. The summed E-state index contributed by atoms with van der Waals surface area (Å²) in [6.45, 7) is 2.14. The van der Waals surface area contributed by atoms with Crippen LogP contribution in [0.1, 0.15) is 17.7 Å². The van der Waals surface area contributed by atoms with E-state index in [0.717, 1.165) is 45.6 Å². The van der Waals surface area contributed by atoms with Crippen molar-refractivity contribution >= 4 is 38.7 Å². The van der Waals surface area contributed by atoms with Crippen LogP contribution in [0.25, 0.3) is 16.2 Å². The zero-order valence-electron chi connectivity index (χ0n) is 16.1. The summed E-state index contributed by atoms with van der Waals surface area (Å²) in [5, 5.41) is 10.6. The summed E-state index contributed by atoms with van der Waals surface area (Å²) in [5.74, 6) is -0.197.